The molecular formula is C27H34F3N3O7. The fourth-order valence-electron chi connectivity index (χ4n) is 3.95. The predicted molar refractivity (Wildman–Crippen MR) is 136 cm³/mol. The molecule has 1 saturated carbocycles. The molecule has 1 N–H and O–H groups in total. The molecule has 10 nitrogen and oxygen atoms in total. The largest absolute Gasteiger partial charge is 0.467 e. The molecule has 0 aliphatic heterocycles. The number of carbonyl (C=O) groups is 3. The van der Waals surface area contributed by atoms with E-state index in [-0.39, 0.29) is 22.9 Å². The molecule has 2 aromatic rings. The number of methoxy groups -OCH3 is 1. The van der Waals surface area contributed by atoms with Gasteiger partial charge in [-0.3, -0.25) is 0 Å². The van der Waals surface area contributed by atoms with E-state index in [0.717, 1.165) is 38.5 Å². The zero-order valence-electron chi connectivity index (χ0n) is 23.5. The van der Waals surface area contributed by atoms with Crippen molar-refractivity contribution in [1.29, 1.82) is 0 Å². The van der Waals surface area contributed by atoms with Gasteiger partial charge in [-0.2, -0.15) is 18.2 Å². The number of rotatable bonds is 5. The minimum absolute atomic E-state index is 0.0630. The molecule has 220 valence electrons. The summed E-state index contributed by atoms with van der Waals surface area (Å²) in [6.07, 6.45) is -4.41. The molecule has 3 rings (SSSR count). The van der Waals surface area contributed by atoms with Gasteiger partial charge in [-0.1, -0.05) is 23.7 Å². The first-order valence-electron chi connectivity index (χ1n) is 12.7. The van der Waals surface area contributed by atoms with E-state index < -0.39 is 47.1 Å². The van der Waals surface area contributed by atoms with Crippen molar-refractivity contribution in [2.75, 3.05) is 7.11 Å². The van der Waals surface area contributed by atoms with E-state index in [1.165, 1.54) is 6.07 Å². The van der Waals surface area contributed by atoms with Crippen LogP contribution in [0.15, 0.2) is 28.8 Å². The Labute approximate surface area is 230 Å². The second kappa shape index (κ2) is 11.4. The van der Waals surface area contributed by atoms with Crippen molar-refractivity contribution < 1.29 is 46.3 Å². The zero-order chi connectivity index (χ0) is 30.0. The fraction of sp³-hybridized carbons (Fsp3) is 0.556. The standard InChI is InChI=1S/C27H34F3N3O7/c1-25(2,3)38-23(35)31-33(24(36)39-26(4,5)6)21(22(34)37-7)20-14-19(32-40-20)17-12-11-16(15-9-8-10-15)13-18(17)27(28,29)30/h11-15,21H,8-10H2,1-7H3,(H,31,35). The van der Waals surface area contributed by atoms with Gasteiger partial charge in [0, 0.05) is 11.6 Å². The van der Waals surface area contributed by atoms with Crippen molar-refractivity contribution in [2.24, 2.45) is 0 Å². The molecule has 2 amide bonds. The van der Waals surface area contributed by atoms with E-state index in [4.69, 9.17) is 18.7 Å². The summed E-state index contributed by atoms with van der Waals surface area (Å²) in [6, 6.07) is 3.26. The molecular weight excluding hydrogens is 535 g/mol. The molecule has 13 heteroatoms. The Morgan fingerprint density at radius 2 is 1.65 bits per heavy atom. The van der Waals surface area contributed by atoms with Crippen LogP contribution < -0.4 is 5.43 Å². The molecule has 0 saturated heterocycles. The number of alkyl halides is 3. The number of aromatic nitrogens is 1. The van der Waals surface area contributed by atoms with Gasteiger partial charge in [0.1, 0.15) is 16.9 Å². The summed E-state index contributed by atoms with van der Waals surface area (Å²) >= 11 is 0. The van der Waals surface area contributed by atoms with Crippen LogP contribution in [0.5, 0.6) is 0 Å². The van der Waals surface area contributed by atoms with Gasteiger partial charge in [-0.05, 0) is 71.9 Å². The summed E-state index contributed by atoms with van der Waals surface area (Å²) in [7, 11) is 1.02. The quantitative estimate of drug-likeness (QED) is 0.246. The van der Waals surface area contributed by atoms with Crippen molar-refractivity contribution >= 4 is 18.2 Å². The molecule has 0 spiro atoms. The third kappa shape index (κ3) is 7.66. The van der Waals surface area contributed by atoms with Crippen LogP contribution in [0.25, 0.3) is 11.3 Å². The van der Waals surface area contributed by atoms with Gasteiger partial charge in [-0.15, -0.1) is 0 Å². The smallest absolute Gasteiger partial charge is 0.430 e. The van der Waals surface area contributed by atoms with Crippen LogP contribution in [0.4, 0.5) is 22.8 Å². The van der Waals surface area contributed by atoms with Gasteiger partial charge in [0.05, 0.1) is 12.7 Å². The van der Waals surface area contributed by atoms with Gasteiger partial charge in [0.2, 0.25) is 6.04 Å². The summed E-state index contributed by atoms with van der Waals surface area (Å²) in [5.74, 6) is -1.42. The average molecular weight is 570 g/mol. The van der Waals surface area contributed by atoms with E-state index in [1.807, 2.05) is 0 Å². The van der Waals surface area contributed by atoms with E-state index in [9.17, 15) is 27.6 Å². The number of ether oxygens (including phenoxy) is 3. The minimum atomic E-state index is -4.70. The maximum atomic E-state index is 14.1. The molecule has 1 aromatic carbocycles. The van der Waals surface area contributed by atoms with Crippen LogP contribution in [0, 0.1) is 0 Å². The lowest BCUT2D eigenvalue weighted by atomic mass is 9.79. The van der Waals surface area contributed by atoms with Gasteiger partial charge in [-0.25, -0.2) is 19.8 Å². The Hall–Kier alpha value is -3.77. The van der Waals surface area contributed by atoms with Crippen LogP contribution in [0.2, 0.25) is 0 Å². The van der Waals surface area contributed by atoms with Crippen LogP contribution in [0.3, 0.4) is 0 Å². The van der Waals surface area contributed by atoms with Gasteiger partial charge in [0.25, 0.3) is 0 Å². The van der Waals surface area contributed by atoms with Crippen molar-refractivity contribution in [1.82, 2.24) is 15.6 Å². The van der Waals surface area contributed by atoms with E-state index in [1.54, 1.807) is 47.6 Å². The molecule has 0 radical (unpaired) electrons. The van der Waals surface area contributed by atoms with Crippen molar-refractivity contribution in [3.8, 4) is 11.3 Å². The van der Waals surface area contributed by atoms with Crippen LogP contribution in [-0.2, 0) is 25.2 Å². The van der Waals surface area contributed by atoms with Crippen LogP contribution in [0.1, 0.15) is 89.7 Å². The average Bonchev–Trinajstić information content (AvgIpc) is 3.23. The minimum Gasteiger partial charge on any atom is -0.467 e. The fourth-order valence-corrected chi connectivity index (χ4v) is 3.95. The van der Waals surface area contributed by atoms with Crippen molar-refractivity contribution in [2.45, 2.75) is 90.1 Å². The summed E-state index contributed by atoms with van der Waals surface area (Å²) in [5.41, 5.74) is -0.719. The van der Waals surface area contributed by atoms with Gasteiger partial charge < -0.3 is 18.7 Å². The first-order valence-corrected chi connectivity index (χ1v) is 12.7. The number of nitrogens with zero attached hydrogens (tertiary/aromatic N) is 2. The topological polar surface area (TPSA) is 120 Å². The molecule has 1 aromatic heterocycles. The molecule has 1 atom stereocenters. The number of esters is 1. The molecule has 1 unspecified atom stereocenters. The van der Waals surface area contributed by atoms with Gasteiger partial charge >= 0.3 is 24.3 Å². The molecule has 1 fully saturated rings. The number of hydrazine groups is 1. The maximum absolute atomic E-state index is 14.1. The first-order chi connectivity index (χ1) is 18.4. The third-order valence-electron chi connectivity index (χ3n) is 5.88. The van der Waals surface area contributed by atoms with Crippen LogP contribution >= 0.6 is 0 Å². The van der Waals surface area contributed by atoms with Crippen LogP contribution in [-0.4, -0.2) is 46.6 Å². The first kappa shape index (κ1) is 30.8. The Kier molecular flexibility index (Phi) is 8.75. The highest BCUT2D eigenvalue weighted by Crippen LogP contribution is 2.43. The highest BCUT2D eigenvalue weighted by Gasteiger charge is 2.41. The molecule has 1 aliphatic rings. The van der Waals surface area contributed by atoms with E-state index in [2.05, 4.69) is 10.6 Å². The maximum Gasteiger partial charge on any atom is 0.430 e. The third-order valence-corrected chi connectivity index (χ3v) is 5.88. The Balaban J connectivity index is 2.06. The Bertz CT molecular complexity index is 1240. The molecule has 1 aliphatic carbocycles. The summed E-state index contributed by atoms with van der Waals surface area (Å²) < 4.78 is 62.8. The number of hydrogen-bond acceptors (Lipinski definition) is 8. The lowest BCUT2D eigenvalue weighted by molar-refractivity contribution is -0.149. The number of hydrogen-bond donors (Lipinski definition) is 1. The SMILES string of the molecule is COC(=O)C(c1cc(-c2ccc(C3CCC3)cc2C(F)(F)F)no1)N(NC(=O)OC(C)(C)C)C(=O)OC(C)(C)C. The molecule has 40 heavy (non-hydrogen) atoms. The lowest BCUT2D eigenvalue weighted by Gasteiger charge is -2.31. The monoisotopic (exact) mass is 569 g/mol. The molecule has 0 bridgehead atoms. The Morgan fingerprint density at radius 1 is 1.02 bits per heavy atom. The summed E-state index contributed by atoms with van der Waals surface area (Å²) in [4.78, 5) is 38.6. The van der Waals surface area contributed by atoms with E-state index in [0.29, 0.717) is 10.6 Å². The summed E-state index contributed by atoms with van der Waals surface area (Å²) in [5, 5.41) is 4.24. The Morgan fingerprint density at radius 3 is 2.15 bits per heavy atom. The number of nitrogens with one attached hydrogen (secondary N) is 1. The number of benzene rings is 1. The number of amides is 2. The highest BCUT2D eigenvalue weighted by molar-refractivity contribution is 5.84. The van der Waals surface area contributed by atoms with E-state index >= 15 is 0 Å². The lowest BCUT2D eigenvalue weighted by Crippen LogP contribution is -2.53. The normalized spacial score (nSPS) is 15.1. The summed E-state index contributed by atoms with van der Waals surface area (Å²) in [6.45, 7) is 9.42. The van der Waals surface area contributed by atoms with Gasteiger partial charge in [0.15, 0.2) is 5.76 Å². The molecule has 1 heterocycles. The number of halogens is 3. The van der Waals surface area contributed by atoms with Crippen molar-refractivity contribution in [3.05, 3.63) is 41.2 Å². The second-order valence-corrected chi connectivity index (χ2v) is 11.4. The predicted octanol–water partition coefficient (Wildman–Crippen LogP) is 6.52. The highest BCUT2D eigenvalue weighted by atomic mass is 19.4. The van der Waals surface area contributed by atoms with Crippen molar-refractivity contribution in [3.63, 3.8) is 0 Å². The zero-order valence-corrected chi connectivity index (χ0v) is 23.5. The number of carbonyl (C=O) groups excluding carboxylic acids is 3. The second-order valence-electron chi connectivity index (χ2n) is 11.4.